The molecule has 0 spiro atoms. The molecule has 2 aromatic carbocycles. The van der Waals surface area contributed by atoms with Crippen molar-refractivity contribution in [3.05, 3.63) is 75.9 Å². The van der Waals surface area contributed by atoms with Crippen molar-refractivity contribution in [2.45, 2.75) is 10.9 Å². The summed E-state index contributed by atoms with van der Waals surface area (Å²) in [6.45, 7) is 0. The lowest BCUT2D eigenvalue weighted by Crippen LogP contribution is -2.08. The molecule has 2 aromatic heterocycles. The van der Waals surface area contributed by atoms with Crippen LogP contribution in [-0.4, -0.2) is 27.2 Å². The molecule has 29 heavy (non-hydrogen) atoms. The minimum absolute atomic E-state index is 0.248. The van der Waals surface area contributed by atoms with E-state index in [4.69, 9.17) is 20.9 Å². The SMILES string of the molecule is COc1cccc(-c2cc(=O)[nH]c(SCc3nc(-c4ccccc4Cl)no3)n2)c1. The number of nitrogens with zero attached hydrogens (tertiary/aromatic N) is 3. The third-order valence-electron chi connectivity index (χ3n) is 4.00. The number of hydrogen-bond acceptors (Lipinski definition) is 7. The number of aromatic nitrogens is 4. The summed E-state index contributed by atoms with van der Waals surface area (Å²) in [6.07, 6.45) is 0. The highest BCUT2D eigenvalue weighted by Gasteiger charge is 2.13. The third-order valence-corrected chi connectivity index (χ3v) is 5.19. The Morgan fingerprint density at radius 2 is 2.00 bits per heavy atom. The summed E-state index contributed by atoms with van der Waals surface area (Å²) in [5, 5.41) is 4.97. The maximum atomic E-state index is 12.1. The predicted molar refractivity (Wildman–Crippen MR) is 111 cm³/mol. The zero-order chi connectivity index (χ0) is 20.2. The van der Waals surface area contributed by atoms with Crippen molar-refractivity contribution in [1.82, 2.24) is 20.1 Å². The second-order valence-electron chi connectivity index (χ2n) is 5.95. The molecule has 7 nitrogen and oxygen atoms in total. The van der Waals surface area contributed by atoms with E-state index in [0.29, 0.717) is 44.7 Å². The Morgan fingerprint density at radius 1 is 1.14 bits per heavy atom. The number of nitrogens with one attached hydrogen (secondary N) is 1. The maximum Gasteiger partial charge on any atom is 0.252 e. The summed E-state index contributed by atoms with van der Waals surface area (Å²) < 4.78 is 10.5. The van der Waals surface area contributed by atoms with Crippen molar-refractivity contribution < 1.29 is 9.26 Å². The van der Waals surface area contributed by atoms with Crippen LogP contribution in [0.4, 0.5) is 0 Å². The fourth-order valence-electron chi connectivity index (χ4n) is 2.63. The number of H-pyrrole nitrogens is 1. The van der Waals surface area contributed by atoms with E-state index in [0.717, 1.165) is 5.56 Å². The quantitative estimate of drug-likeness (QED) is 0.359. The fraction of sp³-hybridized carbons (Fsp3) is 0.100. The number of rotatable bonds is 6. The van der Waals surface area contributed by atoms with E-state index in [2.05, 4.69) is 20.1 Å². The lowest BCUT2D eigenvalue weighted by Gasteiger charge is -2.05. The molecule has 0 radical (unpaired) electrons. The number of methoxy groups -OCH3 is 1. The van der Waals surface area contributed by atoms with E-state index in [1.165, 1.54) is 17.8 Å². The lowest BCUT2D eigenvalue weighted by molar-refractivity contribution is 0.391. The van der Waals surface area contributed by atoms with E-state index >= 15 is 0 Å². The Bertz CT molecular complexity index is 1210. The highest BCUT2D eigenvalue weighted by molar-refractivity contribution is 7.98. The lowest BCUT2D eigenvalue weighted by atomic mass is 10.1. The molecule has 0 unspecified atom stereocenters. The van der Waals surface area contributed by atoms with Gasteiger partial charge in [0.1, 0.15) is 5.75 Å². The predicted octanol–water partition coefficient (Wildman–Crippen LogP) is 4.44. The Hall–Kier alpha value is -3.10. The second-order valence-corrected chi connectivity index (χ2v) is 7.32. The number of thioether (sulfide) groups is 1. The molecular formula is C20H15ClN4O3S. The Kier molecular flexibility index (Phi) is 5.64. The van der Waals surface area contributed by atoms with Crippen LogP contribution in [0.25, 0.3) is 22.6 Å². The van der Waals surface area contributed by atoms with Gasteiger partial charge in [0.05, 0.1) is 23.6 Å². The van der Waals surface area contributed by atoms with Crippen LogP contribution in [0, 0.1) is 0 Å². The van der Waals surface area contributed by atoms with Gasteiger partial charge in [-0.3, -0.25) is 4.79 Å². The van der Waals surface area contributed by atoms with Gasteiger partial charge in [-0.25, -0.2) is 4.98 Å². The van der Waals surface area contributed by atoms with E-state index < -0.39 is 0 Å². The van der Waals surface area contributed by atoms with E-state index in [-0.39, 0.29) is 5.56 Å². The second kappa shape index (κ2) is 8.50. The number of aromatic amines is 1. The number of benzene rings is 2. The smallest absolute Gasteiger partial charge is 0.252 e. The Morgan fingerprint density at radius 3 is 2.83 bits per heavy atom. The van der Waals surface area contributed by atoms with Gasteiger partial charge in [0.15, 0.2) is 5.16 Å². The average Bonchev–Trinajstić information content (AvgIpc) is 3.21. The van der Waals surface area contributed by atoms with Crippen LogP contribution in [-0.2, 0) is 5.75 Å². The normalized spacial score (nSPS) is 10.8. The average molecular weight is 427 g/mol. The van der Waals surface area contributed by atoms with Crippen molar-refractivity contribution >= 4 is 23.4 Å². The minimum Gasteiger partial charge on any atom is -0.497 e. The zero-order valence-electron chi connectivity index (χ0n) is 15.3. The fourth-order valence-corrected chi connectivity index (χ4v) is 3.56. The van der Waals surface area contributed by atoms with Crippen LogP contribution in [0.3, 0.4) is 0 Å². The van der Waals surface area contributed by atoms with Gasteiger partial charge in [0, 0.05) is 17.2 Å². The first-order valence-corrected chi connectivity index (χ1v) is 9.95. The summed E-state index contributed by atoms with van der Waals surface area (Å²) in [4.78, 5) is 23.7. The highest BCUT2D eigenvalue weighted by Crippen LogP contribution is 2.27. The summed E-state index contributed by atoms with van der Waals surface area (Å²) in [5.74, 6) is 1.86. The number of hydrogen-bond donors (Lipinski definition) is 1. The molecule has 146 valence electrons. The Balaban J connectivity index is 1.53. The van der Waals surface area contributed by atoms with Crippen LogP contribution >= 0.6 is 23.4 Å². The molecule has 0 aliphatic heterocycles. The molecule has 0 bridgehead atoms. The standard InChI is InChI=1S/C20H15ClN4O3S/c1-27-13-6-4-5-12(9-13)16-10-17(26)23-20(22-16)29-11-18-24-19(25-28-18)14-7-2-3-8-15(14)21/h2-10H,11H2,1H3,(H,22,23,26). The van der Waals surface area contributed by atoms with Gasteiger partial charge < -0.3 is 14.2 Å². The van der Waals surface area contributed by atoms with Gasteiger partial charge in [-0.05, 0) is 24.3 Å². The molecule has 2 heterocycles. The van der Waals surface area contributed by atoms with Gasteiger partial charge in [-0.1, -0.05) is 52.8 Å². The van der Waals surface area contributed by atoms with E-state index in [1.54, 1.807) is 13.2 Å². The van der Waals surface area contributed by atoms with Crippen molar-refractivity contribution in [2.24, 2.45) is 0 Å². The van der Waals surface area contributed by atoms with Crippen LogP contribution < -0.4 is 10.3 Å². The molecule has 0 amide bonds. The van der Waals surface area contributed by atoms with Gasteiger partial charge in [-0.15, -0.1) is 0 Å². The summed E-state index contributed by atoms with van der Waals surface area (Å²) >= 11 is 7.46. The van der Waals surface area contributed by atoms with E-state index in [9.17, 15) is 4.79 Å². The molecule has 0 saturated heterocycles. The van der Waals surface area contributed by atoms with Gasteiger partial charge >= 0.3 is 0 Å². The van der Waals surface area contributed by atoms with Crippen LogP contribution in [0.2, 0.25) is 5.02 Å². The van der Waals surface area contributed by atoms with Crippen molar-refractivity contribution in [3.63, 3.8) is 0 Å². The van der Waals surface area contributed by atoms with Crippen molar-refractivity contribution in [1.29, 1.82) is 0 Å². The first-order valence-electron chi connectivity index (χ1n) is 8.58. The minimum atomic E-state index is -0.248. The first-order chi connectivity index (χ1) is 14.1. The maximum absolute atomic E-state index is 12.1. The molecule has 9 heteroatoms. The molecule has 0 aliphatic carbocycles. The number of halogens is 1. The van der Waals surface area contributed by atoms with Gasteiger partial charge in [0.2, 0.25) is 11.7 Å². The molecule has 0 saturated carbocycles. The van der Waals surface area contributed by atoms with Crippen molar-refractivity contribution in [3.8, 4) is 28.4 Å². The first kappa shape index (κ1) is 19.2. The van der Waals surface area contributed by atoms with Crippen LogP contribution in [0.15, 0.2) is 69.1 Å². The third kappa shape index (κ3) is 4.49. The number of ether oxygens (including phenoxy) is 1. The zero-order valence-corrected chi connectivity index (χ0v) is 16.8. The molecular weight excluding hydrogens is 412 g/mol. The molecule has 0 fully saturated rings. The van der Waals surface area contributed by atoms with Gasteiger partial charge in [0.25, 0.3) is 5.56 Å². The van der Waals surface area contributed by atoms with Crippen LogP contribution in [0.5, 0.6) is 5.75 Å². The molecule has 0 aliphatic rings. The molecule has 4 aromatic rings. The summed E-state index contributed by atoms with van der Waals surface area (Å²) in [5.41, 5.74) is 1.79. The monoisotopic (exact) mass is 426 g/mol. The van der Waals surface area contributed by atoms with Crippen LogP contribution in [0.1, 0.15) is 5.89 Å². The topological polar surface area (TPSA) is 93.9 Å². The summed E-state index contributed by atoms with van der Waals surface area (Å²) in [7, 11) is 1.59. The molecule has 0 atom stereocenters. The largest absolute Gasteiger partial charge is 0.497 e. The van der Waals surface area contributed by atoms with Crippen molar-refractivity contribution in [2.75, 3.05) is 7.11 Å². The highest BCUT2D eigenvalue weighted by atomic mass is 35.5. The Labute approximate surface area is 175 Å². The van der Waals surface area contributed by atoms with E-state index in [1.807, 2.05) is 42.5 Å². The molecule has 4 rings (SSSR count). The summed E-state index contributed by atoms with van der Waals surface area (Å²) in [6, 6.07) is 16.1. The molecule has 1 N–H and O–H groups in total. The van der Waals surface area contributed by atoms with Gasteiger partial charge in [-0.2, -0.15) is 4.98 Å².